The first-order valence-electron chi connectivity index (χ1n) is 7.05. The molecule has 112 valence electrons. The Balaban J connectivity index is 1.90. The van der Waals surface area contributed by atoms with Crippen LogP contribution in [-0.2, 0) is 7.05 Å². The Kier molecular flexibility index (Phi) is 4.62. The highest BCUT2D eigenvalue weighted by Crippen LogP contribution is 2.12. The van der Waals surface area contributed by atoms with Gasteiger partial charge in [0.25, 0.3) is 5.91 Å². The summed E-state index contributed by atoms with van der Waals surface area (Å²) < 4.78 is 1.74. The van der Waals surface area contributed by atoms with Crippen molar-refractivity contribution in [2.24, 2.45) is 7.05 Å². The van der Waals surface area contributed by atoms with E-state index in [2.05, 4.69) is 27.4 Å². The molecular formula is C16H22N4O. The highest BCUT2D eigenvalue weighted by molar-refractivity contribution is 5.96. The SMILES string of the molecule is Cc1nn(C)c(C)c1C(=O)NCCN(C)c1ccccc1. The van der Waals surface area contributed by atoms with Crippen molar-refractivity contribution in [3.63, 3.8) is 0 Å². The Morgan fingerprint density at radius 1 is 1.29 bits per heavy atom. The standard InChI is InChI=1S/C16H22N4O/c1-12-15(13(2)20(4)18-12)16(21)17-10-11-19(3)14-8-6-5-7-9-14/h5-9H,10-11H2,1-4H3,(H,17,21). The number of hydrogen-bond donors (Lipinski definition) is 1. The van der Waals surface area contributed by atoms with E-state index < -0.39 is 0 Å². The fourth-order valence-electron chi connectivity index (χ4n) is 2.34. The molecule has 0 aliphatic rings. The predicted molar refractivity (Wildman–Crippen MR) is 84.7 cm³/mol. The fourth-order valence-corrected chi connectivity index (χ4v) is 2.34. The van der Waals surface area contributed by atoms with E-state index in [0.29, 0.717) is 12.1 Å². The molecule has 0 aliphatic carbocycles. The third kappa shape index (κ3) is 3.42. The number of carbonyl (C=O) groups excluding carboxylic acids is 1. The average Bonchev–Trinajstić information content (AvgIpc) is 2.73. The van der Waals surface area contributed by atoms with Crippen molar-refractivity contribution in [2.75, 3.05) is 25.0 Å². The molecule has 0 spiro atoms. The summed E-state index contributed by atoms with van der Waals surface area (Å²) in [5, 5.41) is 7.23. The summed E-state index contributed by atoms with van der Waals surface area (Å²) in [7, 11) is 3.87. The minimum Gasteiger partial charge on any atom is -0.373 e. The van der Waals surface area contributed by atoms with Crippen LogP contribution in [0.15, 0.2) is 30.3 Å². The molecule has 1 amide bonds. The molecule has 1 heterocycles. The quantitative estimate of drug-likeness (QED) is 0.913. The third-order valence-corrected chi connectivity index (χ3v) is 3.67. The molecule has 2 aromatic rings. The smallest absolute Gasteiger partial charge is 0.255 e. The lowest BCUT2D eigenvalue weighted by atomic mass is 10.2. The number of nitrogens with zero attached hydrogens (tertiary/aromatic N) is 3. The van der Waals surface area contributed by atoms with E-state index >= 15 is 0 Å². The lowest BCUT2D eigenvalue weighted by molar-refractivity contribution is 0.0953. The molecule has 1 aromatic heterocycles. The normalized spacial score (nSPS) is 10.5. The molecule has 0 saturated heterocycles. The van der Waals surface area contributed by atoms with Gasteiger partial charge in [0.2, 0.25) is 0 Å². The average molecular weight is 286 g/mol. The first-order chi connectivity index (χ1) is 10.0. The maximum absolute atomic E-state index is 12.2. The van der Waals surface area contributed by atoms with Gasteiger partial charge in [0.15, 0.2) is 0 Å². The highest BCUT2D eigenvalue weighted by atomic mass is 16.1. The Labute approximate surface area is 125 Å². The Bertz CT molecular complexity index is 619. The second kappa shape index (κ2) is 6.43. The van der Waals surface area contributed by atoms with Crippen molar-refractivity contribution in [1.82, 2.24) is 15.1 Å². The molecule has 1 aromatic carbocycles. The Morgan fingerprint density at radius 2 is 1.95 bits per heavy atom. The van der Waals surface area contributed by atoms with Gasteiger partial charge < -0.3 is 10.2 Å². The van der Waals surface area contributed by atoms with E-state index in [4.69, 9.17) is 0 Å². The molecule has 5 nitrogen and oxygen atoms in total. The largest absolute Gasteiger partial charge is 0.373 e. The van der Waals surface area contributed by atoms with Gasteiger partial charge in [-0.05, 0) is 26.0 Å². The highest BCUT2D eigenvalue weighted by Gasteiger charge is 2.16. The van der Waals surface area contributed by atoms with E-state index in [1.54, 1.807) is 4.68 Å². The second-order valence-electron chi connectivity index (χ2n) is 5.18. The zero-order valence-corrected chi connectivity index (χ0v) is 13.1. The number of anilines is 1. The molecular weight excluding hydrogens is 264 g/mol. The number of amides is 1. The number of rotatable bonds is 5. The Morgan fingerprint density at radius 3 is 2.52 bits per heavy atom. The number of nitrogens with one attached hydrogen (secondary N) is 1. The van der Waals surface area contributed by atoms with Gasteiger partial charge in [-0.1, -0.05) is 18.2 Å². The van der Waals surface area contributed by atoms with Crippen LogP contribution < -0.4 is 10.2 Å². The van der Waals surface area contributed by atoms with Gasteiger partial charge in [0, 0.05) is 38.6 Å². The molecule has 0 saturated carbocycles. The van der Waals surface area contributed by atoms with Gasteiger partial charge in [0.05, 0.1) is 11.3 Å². The van der Waals surface area contributed by atoms with Gasteiger partial charge in [-0.25, -0.2) is 0 Å². The van der Waals surface area contributed by atoms with E-state index in [1.165, 1.54) is 0 Å². The monoisotopic (exact) mass is 286 g/mol. The number of benzene rings is 1. The number of hydrogen-bond acceptors (Lipinski definition) is 3. The van der Waals surface area contributed by atoms with Crippen LogP contribution in [0, 0.1) is 13.8 Å². The number of carbonyl (C=O) groups is 1. The van der Waals surface area contributed by atoms with Crippen LogP contribution in [0.25, 0.3) is 0 Å². The summed E-state index contributed by atoms with van der Waals surface area (Å²) in [6.07, 6.45) is 0. The Hall–Kier alpha value is -2.30. The van der Waals surface area contributed by atoms with Crippen molar-refractivity contribution < 1.29 is 4.79 Å². The van der Waals surface area contributed by atoms with Crippen molar-refractivity contribution in [3.8, 4) is 0 Å². The first kappa shape index (κ1) is 15.1. The van der Waals surface area contributed by atoms with Crippen LogP contribution in [-0.4, -0.2) is 35.8 Å². The molecule has 0 aliphatic heterocycles. The van der Waals surface area contributed by atoms with E-state index in [-0.39, 0.29) is 5.91 Å². The number of aromatic nitrogens is 2. The maximum atomic E-state index is 12.2. The minimum atomic E-state index is -0.0560. The van der Waals surface area contributed by atoms with Gasteiger partial charge in [-0.3, -0.25) is 9.48 Å². The molecule has 0 fully saturated rings. The van der Waals surface area contributed by atoms with Crippen molar-refractivity contribution in [3.05, 3.63) is 47.3 Å². The molecule has 0 unspecified atom stereocenters. The molecule has 0 radical (unpaired) electrons. The summed E-state index contributed by atoms with van der Waals surface area (Å²) in [6, 6.07) is 10.1. The van der Waals surface area contributed by atoms with Crippen molar-refractivity contribution in [1.29, 1.82) is 0 Å². The van der Waals surface area contributed by atoms with Gasteiger partial charge in [-0.15, -0.1) is 0 Å². The molecule has 0 atom stereocenters. The van der Waals surface area contributed by atoms with Crippen LogP contribution in [0.3, 0.4) is 0 Å². The summed E-state index contributed by atoms with van der Waals surface area (Å²) >= 11 is 0. The van der Waals surface area contributed by atoms with E-state index in [0.717, 1.165) is 23.6 Å². The van der Waals surface area contributed by atoms with Crippen LogP contribution in [0.4, 0.5) is 5.69 Å². The minimum absolute atomic E-state index is 0.0560. The third-order valence-electron chi connectivity index (χ3n) is 3.67. The van der Waals surface area contributed by atoms with Gasteiger partial charge in [0.1, 0.15) is 0 Å². The predicted octanol–water partition coefficient (Wildman–Crippen LogP) is 1.90. The van der Waals surface area contributed by atoms with Crippen molar-refractivity contribution >= 4 is 11.6 Å². The molecule has 2 rings (SSSR count). The zero-order chi connectivity index (χ0) is 15.4. The number of likely N-dealkylation sites (N-methyl/N-ethyl adjacent to an activating group) is 1. The second-order valence-corrected chi connectivity index (χ2v) is 5.18. The van der Waals surface area contributed by atoms with Crippen molar-refractivity contribution in [2.45, 2.75) is 13.8 Å². The van der Waals surface area contributed by atoms with Crippen LogP contribution in [0.5, 0.6) is 0 Å². The van der Waals surface area contributed by atoms with E-state index in [9.17, 15) is 4.79 Å². The summed E-state index contributed by atoms with van der Waals surface area (Å²) in [5.41, 5.74) is 3.48. The van der Waals surface area contributed by atoms with Gasteiger partial charge in [-0.2, -0.15) is 5.10 Å². The molecule has 5 heteroatoms. The topological polar surface area (TPSA) is 50.2 Å². The molecule has 1 N–H and O–H groups in total. The number of aryl methyl sites for hydroxylation is 2. The first-order valence-corrected chi connectivity index (χ1v) is 7.05. The molecule has 21 heavy (non-hydrogen) atoms. The van der Waals surface area contributed by atoms with Gasteiger partial charge >= 0.3 is 0 Å². The zero-order valence-electron chi connectivity index (χ0n) is 13.1. The summed E-state index contributed by atoms with van der Waals surface area (Å²) in [4.78, 5) is 14.3. The van der Waals surface area contributed by atoms with Crippen LogP contribution >= 0.6 is 0 Å². The van der Waals surface area contributed by atoms with Crippen LogP contribution in [0.2, 0.25) is 0 Å². The summed E-state index contributed by atoms with van der Waals surface area (Å²) in [6.45, 7) is 5.12. The van der Waals surface area contributed by atoms with E-state index in [1.807, 2.05) is 46.1 Å². The summed E-state index contributed by atoms with van der Waals surface area (Å²) in [5.74, 6) is -0.0560. The fraction of sp³-hybridized carbons (Fsp3) is 0.375. The molecule has 0 bridgehead atoms. The maximum Gasteiger partial charge on any atom is 0.255 e. The number of para-hydroxylation sites is 1. The lowest BCUT2D eigenvalue weighted by Gasteiger charge is -2.19. The lowest BCUT2D eigenvalue weighted by Crippen LogP contribution is -2.33. The van der Waals surface area contributed by atoms with Crippen LogP contribution in [0.1, 0.15) is 21.7 Å².